The average molecular weight is 267 g/mol. The van der Waals surface area contributed by atoms with Gasteiger partial charge >= 0.3 is 0 Å². The Labute approximate surface area is 109 Å². The van der Waals surface area contributed by atoms with Crippen molar-refractivity contribution in [2.45, 2.75) is 26.3 Å². The Morgan fingerprint density at radius 1 is 1.17 bits per heavy atom. The fourth-order valence-electron chi connectivity index (χ4n) is 1.81. The third-order valence-corrected chi connectivity index (χ3v) is 4.27. The predicted octanol–water partition coefficient (Wildman–Crippen LogP) is 3.89. The van der Waals surface area contributed by atoms with Gasteiger partial charge in [0.1, 0.15) is 0 Å². The molecule has 0 saturated carbocycles. The van der Waals surface area contributed by atoms with Gasteiger partial charge in [0.05, 0.1) is 0 Å². The number of nitrogens with two attached hydrogens (primary N) is 1. The minimum absolute atomic E-state index is 0.174. The highest BCUT2D eigenvalue weighted by molar-refractivity contribution is 7.12. The predicted molar refractivity (Wildman–Crippen MR) is 70.8 cm³/mol. The summed E-state index contributed by atoms with van der Waals surface area (Å²) in [5.74, 6) is -1.65. The van der Waals surface area contributed by atoms with Gasteiger partial charge in [-0.1, -0.05) is 6.07 Å². The van der Waals surface area contributed by atoms with E-state index in [-0.39, 0.29) is 6.04 Å². The lowest BCUT2D eigenvalue weighted by atomic mass is 10.0. The Morgan fingerprint density at radius 2 is 1.89 bits per heavy atom. The number of hydrogen-bond donors (Lipinski definition) is 1. The quantitative estimate of drug-likeness (QED) is 0.897. The minimum atomic E-state index is -0.824. The summed E-state index contributed by atoms with van der Waals surface area (Å²) in [6, 6.07) is 5.81. The molecule has 0 bridgehead atoms. The first-order chi connectivity index (χ1) is 8.47. The molecule has 1 nitrogen and oxygen atoms in total. The first-order valence-corrected chi connectivity index (χ1v) is 6.55. The highest BCUT2D eigenvalue weighted by Gasteiger charge is 2.12. The highest BCUT2D eigenvalue weighted by Crippen LogP contribution is 2.27. The van der Waals surface area contributed by atoms with Gasteiger partial charge in [0.15, 0.2) is 11.6 Å². The van der Waals surface area contributed by atoms with Crippen molar-refractivity contribution in [3.63, 3.8) is 0 Å². The van der Waals surface area contributed by atoms with E-state index >= 15 is 0 Å². The van der Waals surface area contributed by atoms with Crippen LogP contribution in [0.1, 0.15) is 26.9 Å². The van der Waals surface area contributed by atoms with E-state index in [9.17, 15) is 8.78 Å². The summed E-state index contributed by atoms with van der Waals surface area (Å²) in [5, 5.41) is 0. The SMILES string of the molecule is Cc1cc(C(N)Cc2ccc(F)c(F)c2)sc1C. The van der Waals surface area contributed by atoms with Crippen LogP contribution in [-0.4, -0.2) is 0 Å². The Kier molecular flexibility index (Phi) is 3.78. The molecule has 4 heteroatoms. The van der Waals surface area contributed by atoms with Gasteiger partial charge in [-0.15, -0.1) is 11.3 Å². The van der Waals surface area contributed by atoms with Gasteiger partial charge in [0, 0.05) is 15.8 Å². The molecule has 0 aliphatic heterocycles. The van der Waals surface area contributed by atoms with Gasteiger partial charge in [-0.25, -0.2) is 8.78 Å². The first kappa shape index (κ1) is 13.2. The summed E-state index contributed by atoms with van der Waals surface area (Å²) in [5.41, 5.74) is 8.02. The summed E-state index contributed by atoms with van der Waals surface area (Å²) in [4.78, 5) is 2.32. The van der Waals surface area contributed by atoms with Crippen LogP contribution in [0.3, 0.4) is 0 Å². The van der Waals surface area contributed by atoms with E-state index in [0.29, 0.717) is 12.0 Å². The largest absolute Gasteiger partial charge is 0.323 e. The van der Waals surface area contributed by atoms with Crippen LogP contribution in [0.4, 0.5) is 8.78 Å². The molecule has 1 aromatic carbocycles. The van der Waals surface area contributed by atoms with E-state index in [1.165, 1.54) is 16.5 Å². The van der Waals surface area contributed by atoms with Crippen LogP contribution in [-0.2, 0) is 6.42 Å². The van der Waals surface area contributed by atoms with Crippen molar-refractivity contribution < 1.29 is 8.78 Å². The molecule has 0 spiro atoms. The topological polar surface area (TPSA) is 26.0 Å². The van der Waals surface area contributed by atoms with Crippen LogP contribution in [0.15, 0.2) is 24.3 Å². The molecular weight excluding hydrogens is 252 g/mol. The van der Waals surface area contributed by atoms with E-state index in [0.717, 1.165) is 10.9 Å². The Morgan fingerprint density at radius 3 is 2.44 bits per heavy atom. The molecule has 0 aliphatic rings. The van der Waals surface area contributed by atoms with Crippen molar-refractivity contribution in [3.8, 4) is 0 Å². The molecule has 0 saturated heterocycles. The van der Waals surface area contributed by atoms with Gasteiger partial charge < -0.3 is 5.73 Å². The van der Waals surface area contributed by atoms with Crippen LogP contribution < -0.4 is 5.73 Å². The molecule has 1 aromatic heterocycles. The average Bonchev–Trinajstić information content (AvgIpc) is 2.65. The van der Waals surface area contributed by atoms with Crippen LogP contribution >= 0.6 is 11.3 Å². The number of rotatable bonds is 3. The minimum Gasteiger partial charge on any atom is -0.323 e. The van der Waals surface area contributed by atoms with E-state index in [4.69, 9.17) is 5.73 Å². The van der Waals surface area contributed by atoms with E-state index in [1.807, 2.05) is 13.8 Å². The molecule has 1 unspecified atom stereocenters. The third-order valence-electron chi connectivity index (χ3n) is 2.99. The van der Waals surface area contributed by atoms with Gasteiger partial charge in [0.2, 0.25) is 0 Å². The monoisotopic (exact) mass is 267 g/mol. The van der Waals surface area contributed by atoms with E-state index in [2.05, 4.69) is 6.07 Å². The maximum atomic E-state index is 13.1. The van der Waals surface area contributed by atoms with Crippen LogP contribution in [0.25, 0.3) is 0 Å². The lowest BCUT2D eigenvalue weighted by Crippen LogP contribution is -2.12. The molecular formula is C14H15F2NS. The fraction of sp³-hybridized carbons (Fsp3) is 0.286. The fourth-order valence-corrected chi connectivity index (χ4v) is 2.85. The van der Waals surface area contributed by atoms with Gasteiger partial charge in [-0.05, 0) is 49.6 Å². The number of aryl methyl sites for hydroxylation is 2. The standard InChI is InChI=1S/C14H15F2NS/c1-8-5-14(18-9(8)2)13(17)7-10-3-4-11(15)12(16)6-10/h3-6,13H,7,17H2,1-2H3. The summed E-state index contributed by atoms with van der Waals surface area (Å²) in [6.45, 7) is 4.09. The highest BCUT2D eigenvalue weighted by atomic mass is 32.1. The van der Waals surface area contributed by atoms with Crippen molar-refractivity contribution in [1.29, 1.82) is 0 Å². The van der Waals surface area contributed by atoms with E-state index < -0.39 is 11.6 Å². The van der Waals surface area contributed by atoms with Crippen molar-refractivity contribution in [2.75, 3.05) is 0 Å². The molecule has 0 aliphatic carbocycles. The lowest BCUT2D eigenvalue weighted by Gasteiger charge is -2.09. The number of hydrogen-bond acceptors (Lipinski definition) is 2. The number of benzene rings is 1. The van der Waals surface area contributed by atoms with E-state index in [1.54, 1.807) is 17.4 Å². The van der Waals surface area contributed by atoms with Crippen LogP contribution in [0.5, 0.6) is 0 Å². The maximum absolute atomic E-state index is 13.1. The summed E-state index contributed by atoms with van der Waals surface area (Å²) >= 11 is 1.66. The summed E-state index contributed by atoms with van der Waals surface area (Å²) in [7, 11) is 0. The second kappa shape index (κ2) is 5.16. The second-order valence-corrected chi connectivity index (χ2v) is 5.73. The lowest BCUT2D eigenvalue weighted by molar-refractivity contribution is 0.506. The van der Waals surface area contributed by atoms with Crippen molar-refractivity contribution in [1.82, 2.24) is 0 Å². The van der Waals surface area contributed by atoms with Crippen LogP contribution in [0, 0.1) is 25.5 Å². The molecule has 1 atom stereocenters. The zero-order valence-corrected chi connectivity index (χ0v) is 11.2. The van der Waals surface area contributed by atoms with Crippen LogP contribution in [0.2, 0.25) is 0 Å². The molecule has 0 radical (unpaired) electrons. The molecule has 2 N–H and O–H groups in total. The Bertz CT molecular complexity index is 543. The molecule has 0 amide bonds. The van der Waals surface area contributed by atoms with Gasteiger partial charge in [0.25, 0.3) is 0 Å². The molecule has 2 rings (SSSR count). The molecule has 18 heavy (non-hydrogen) atoms. The van der Waals surface area contributed by atoms with Gasteiger partial charge in [-0.2, -0.15) is 0 Å². The van der Waals surface area contributed by atoms with Crippen molar-refractivity contribution in [2.24, 2.45) is 5.73 Å². The van der Waals surface area contributed by atoms with Crippen molar-refractivity contribution >= 4 is 11.3 Å². The number of thiophene rings is 1. The Balaban J connectivity index is 2.15. The normalized spacial score (nSPS) is 12.7. The second-order valence-electron chi connectivity index (χ2n) is 4.45. The van der Waals surface area contributed by atoms with Crippen molar-refractivity contribution in [3.05, 3.63) is 56.8 Å². The molecule has 2 aromatic rings. The zero-order valence-electron chi connectivity index (χ0n) is 10.3. The molecule has 1 heterocycles. The Hall–Kier alpha value is -1.26. The molecule has 96 valence electrons. The maximum Gasteiger partial charge on any atom is 0.159 e. The number of halogens is 2. The summed E-state index contributed by atoms with van der Waals surface area (Å²) in [6.07, 6.45) is 0.511. The first-order valence-electron chi connectivity index (χ1n) is 5.74. The summed E-state index contributed by atoms with van der Waals surface area (Å²) < 4.78 is 25.9. The smallest absolute Gasteiger partial charge is 0.159 e. The molecule has 0 fully saturated rings. The third kappa shape index (κ3) is 2.76. The zero-order chi connectivity index (χ0) is 13.3. The van der Waals surface area contributed by atoms with Gasteiger partial charge in [-0.3, -0.25) is 0 Å².